The summed E-state index contributed by atoms with van der Waals surface area (Å²) in [6.07, 6.45) is -0.413. The van der Waals surface area contributed by atoms with Crippen molar-refractivity contribution in [3.63, 3.8) is 0 Å². The van der Waals surface area contributed by atoms with Gasteiger partial charge in [0, 0.05) is 5.69 Å². The summed E-state index contributed by atoms with van der Waals surface area (Å²) in [6, 6.07) is 7.19. The molecule has 1 saturated heterocycles. The quantitative estimate of drug-likeness (QED) is 0.796. The fraction of sp³-hybridized carbons (Fsp3) is 0.588. The molecular formula is C17H26N2O4. The first-order valence-electron chi connectivity index (χ1n) is 8.06. The largest absolute Gasteiger partial charge is 0.491 e. The number of aliphatic hydroxyl groups is 1. The minimum absolute atomic E-state index is 0.108. The topological polar surface area (TPSA) is 71.0 Å². The van der Waals surface area contributed by atoms with E-state index in [0.717, 1.165) is 11.4 Å². The maximum Gasteiger partial charge on any atom is 0.238 e. The van der Waals surface area contributed by atoms with Crippen LogP contribution in [0.2, 0.25) is 0 Å². The molecule has 128 valence electrons. The van der Waals surface area contributed by atoms with Gasteiger partial charge >= 0.3 is 0 Å². The Morgan fingerprint density at radius 3 is 2.61 bits per heavy atom. The Morgan fingerprint density at radius 1 is 1.39 bits per heavy atom. The lowest BCUT2D eigenvalue weighted by Crippen LogP contribution is -2.46. The standard InChI is InChI=1S/C17H26N2O4/c1-4-19(15-10-22-11-16(15)20)9-17(21)18-13-5-7-14(8-6-13)23-12(2)3/h5-8,12,15-16,20H,4,9-11H2,1-3H3,(H,18,21)/t15-,16-/m1/s1. The Labute approximate surface area is 137 Å². The van der Waals surface area contributed by atoms with Crippen LogP contribution in [0.25, 0.3) is 0 Å². The third-order valence-electron chi connectivity index (χ3n) is 3.75. The molecule has 23 heavy (non-hydrogen) atoms. The van der Waals surface area contributed by atoms with Gasteiger partial charge < -0.3 is 19.9 Å². The van der Waals surface area contributed by atoms with Crippen LogP contribution in [0.5, 0.6) is 5.75 Å². The smallest absolute Gasteiger partial charge is 0.238 e. The first-order valence-corrected chi connectivity index (χ1v) is 8.06. The van der Waals surface area contributed by atoms with Crippen LogP contribution in [0, 0.1) is 0 Å². The molecule has 1 aromatic rings. The van der Waals surface area contributed by atoms with Gasteiger partial charge in [-0.05, 0) is 44.7 Å². The average molecular weight is 322 g/mol. The minimum Gasteiger partial charge on any atom is -0.491 e. The van der Waals surface area contributed by atoms with Crippen molar-refractivity contribution in [3.8, 4) is 5.75 Å². The molecule has 0 saturated carbocycles. The van der Waals surface area contributed by atoms with Gasteiger partial charge in [-0.3, -0.25) is 9.69 Å². The predicted molar refractivity (Wildman–Crippen MR) is 88.7 cm³/mol. The molecule has 2 atom stereocenters. The van der Waals surface area contributed by atoms with Gasteiger partial charge in [-0.2, -0.15) is 0 Å². The number of anilines is 1. The molecule has 2 rings (SSSR count). The van der Waals surface area contributed by atoms with E-state index in [1.54, 1.807) is 0 Å². The van der Waals surface area contributed by atoms with Crippen LogP contribution in [-0.4, -0.2) is 60.5 Å². The Bertz CT molecular complexity index is 504. The van der Waals surface area contributed by atoms with Crippen molar-refractivity contribution in [3.05, 3.63) is 24.3 Å². The molecule has 1 amide bonds. The molecule has 2 N–H and O–H groups in total. The number of rotatable bonds is 7. The summed E-state index contributed by atoms with van der Waals surface area (Å²) in [5.41, 5.74) is 0.727. The van der Waals surface area contributed by atoms with Gasteiger partial charge in [-0.25, -0.2) is 0 Å². The molecule has 6 heteroatoms. The summed E-state index contributed by atoms with van der Waals surface area (Å²) in [5, 5.41) is 12.8. The SMILES string of the molecule is CCN(CC(=O)Nc1ccc(OC(C)C)cc1)[C@@H]1COC[C@H]1O. The first kappa shape index (κ1) is 17.7. The fourth-order valence-electron chi connectivity index (χ4n) is 2.62. The van der Waals surface area contributed by atoms with Crippen molar-refractivity contribution >= 4 is 11.6 Å². The van der Waals surface area contributed by atoms with Gasteiger partial charge in [-0.1, -0.05) is 6.92 Å². The Morgan fingerprint density at radius 2 is 2.09 bits per heavy atom. The first-order chi connectivity index (χ1) is 11.0. The van der Waals surface area contributed by atoms with E-state index in [-0.39, 0.29) is 24.6 Å². The highest BCUT2D eigenvalue weighted by Crippen LogP contribution is 2.17. The maximum absolute atomic E-state index is 12.2. The highest BCUT2D eigenvalue weighted by molar-refractivity contribution is 5.92. The van der Waals surface area contributed by atoms with Gasteiger partial charge in [0.25, 0.3) is 0 Å². The van der Waals surface area contributed by atoms with E-state index in [1.807, 2.05) is 49.9 Å². The number of likely N-dealkylation sites (N-methyl/N-ethyl adjacent to an activating group) is 1. The van der Waals surface area contributed by atoms with Crippen LogP contribution in [0.1, 0.15) is 20.8 Å². The number of carbonyl (C=O) groups excluding carboxylic acids is 1. The highest BCUT2D eigenvalue weighted by atomic mass is 16.5. The van der Waals surface area contributed by atoms with Crippen LogP contribution >= 0.6 is 0 Å². The van der Waals surface area contributed by atoms with Crippen molar-refractivity contribution in [1.82, 2.24) is 4.90 Å². The normalized spacial score (nSPS) is 21.0. The number of nitrogens with zero attached hydrogens (tertiary/aromatic N) is 1. The van der Waals surface area contributed by atoms with E-state index < -0.39 is 6.10 Å². The van der Waals surface area contributed by atoms with E-state index in [9.17, 15) is 9.90 Å². The summed E-state index contributed by atoms with van der Waals surface area (Å²) in [4.78, 5) is 14.1. The van der Waals surface area contributed by atoms with Gasteiger partial charge in [0.1, 0.15) is 5.75 Å². The molecule has 0 unspecified atom stereocenters. The fourth-order valence-corrected chi connectivity index (χ4v) is 2.62. The molecule has 0 bridgehead atoms. The van der Waals surface area contributed by atoms with Crippen molar-refractivity contribution < 1.29 is 19.4 Å². The number of amides is 1. The lowest BCUT2D eigenvalue weighted by atomic mass is 10.2. The Hall–Kier alpha value is -1.63. The second kappa shape index (κ2) is 8.29. The molecule has 1 heterocycles. The molecule has 1 aliphatic heterocycles. The zero-order chi connectivity index (χ0) is 16.8. The Balaban J connectivity index is 1.88. The van der Waals surface area contributed by atoms with Crippen LogP contribution in [0.4, 0.5) is 5.69 Å². The number of hydrogen-bond donors (Lipinski definition) is 2. The van der Waals surface area contributed by atoms with Crippen molar-refractivity contribution in [2.24, 2.45) is 0 Å². The molecular weight excluding hydrogens is 296 g/mol. The number of benzene rings is 1. The minimum atomic E-state index is -0.532. The lowest BCUT2D eigenvalue weighted by Gasteiger charge is -2.27. The van der Waals surface area contributed by atoms with Crippen molar-refractivity contribution in [2.45, 2.75) is 39.0 Å². The number of carbonyl (C=O) groups is 1. The lowest BCUT2D eigenvalue weighted by molar-refractivity contribution is -0.118. The number of nitrogens with one attached hydrogen (secondary N) is 1. The van der Waals surface area contributed by atoms with Crippen LogP contribution < -0.4 is 10.1 Å². The molecule has 1 aromatic carbocycles. The molecule has 1 aliphatic rings. The summed E-state index contributed by atoms with van der Waals surface area (Å²) in [7, 11) is 0. The predicted octanol–water partition coefficient (Wildman–Crippen LogP) is 1.49. The number of hydrogen-bond acceptors (Lipinski definition) is 5. The number of aliphatic hydroxyl groups excluding tert-OH is 1. The van der Waals surface area contributed by atoms with E-state index in [1.165, 1.54) is 0 Å². The zero-order valence-corrected chi connectivity index (χ0v) is 14.0. The monoisotopic (exact) mass is 322 g/mol. The molecule has 0 spiro atoms. The second-order valence-electron chi connectivity index (χ2n) is 5.97. The average Bonchev–Trinajstić information content (AvgIpc) is 2.92. The highest BCUT2D eigenvalue weighted by Gasteiger charge is 2.31. The molecule has 1 fully saturated rings. The van der Waals surface area contributed by atoms with Crippen molar-refractivity contribution in [2.75, 3.05) is 31.6 Å². The van der Waals surface area contributed by atoms with Crippen LogP contribution in [-0.2, 0) is 9.53 Å². The maximum atomic E-state index is 12.2. The van der Waals surface area contributed by atoms with Gasteiger partial charge in [-0.15, -0.1) is 0 Å². The van der Waals surface area contributed by atoms with Crippen LogP contribution in [0.3, 0.4) is 0 Å². The van der Waals surface area contributed by atoms with E-state index in [2.05, 4.69) is 5.32 Å². The van der Waals surface area contributed by atoms with Gasteiger partial charge in [0.15, 0.2) is 0 Å². The summed E-state index contributed by atoms with van der Waals surface area (Å²) < 4.78 is 10.8. The second-order valence-corrected chi connectivity index (χ2v) is 5.97. The third-order valence-corrected chi connectivity index (χ3v) is 3.75. The summed E-state index contributed by atoms with van der Waals surface area (Å²) in [5.74, 6) is 0.669. The zero-order valence-electron chi connectivity index (χ0n) is 14.0. The molecule has 0 aliphatic carbocycles. The summed E-state index contributed by atoms with van der Waals surface area (Å²) in [6.45, 7) is 7.61. The molecule has 6 nitrogen and oxygen atoms in total. The van der Waals surface area contributed by atoms with E-state index in [4.69, 9.17) is 9.47 Å². The molecule has 0 radical (unpaired) electrons. The van der Waals surface area contributed by atoms with Crippen LogP contribution in [0.15, 0.2) is 24.3 Å². The van der Waals surface area contributed by atoms with Gasteiger partial charge in [0.2, 0.25) is 5.91 Å². The van der Waals surface area contributed by atoms with E-state index in [0.29, 0.717) is 19.8 Å². The third kappa shape index (κ3) is 5.20. The Kier molecular flexibility index (Phi) is 6.38. The van der Waals surface area contributed by atoms with Crippen molar-refractivity contribution in [1.29, 1.82) is 0 Å². The summed E-state index contributed by atoms with van der Waals surface area (Å²) >= 11 is 0. The van der Waals surface area contributed by atoms with E-state index >= 15 is 0 Å². The molecule has 0 aromatic heterocycles. The number of ether oxygens (including phenoxy) is 2. The van der Waals surface area contributed by atoms with Gasteiger partial charge in [0.05, 0.1) is 38.0 Å².